The van der Waals surface area contributed by atoms with Gasteiger partial charge in [0.25, 0.3) is 10.0 Å². The number of rotatable bonds is 14. The predicted octanol–water partition coefficient (Wildman–Crippen LogP) is 5.72. The van der Waals surface area contributed by atoms with Crippen LogP contribution in [-0.4, -0.2) is 50.8 Å². The molecule has 40 heavy (non-hydrogen) atoms. The highest BCUT2D eigenvalue weighted by atomic mass is 79.9. The van der Waals surface area contributed by atoms with Crippen molar-refractivity contribution < 1.29 is 18.0 Å². The van der Waals surface area contributed by atoms with Gasteiger partial charge in [0.1, 0.15) is 12.6 Å². The Labute approximate surface area is 246 Å². The number of anilines is 1. The number of carbonyl (C=O) groups is 2. The van der Waals surface area contributed by atoms with E-state index in [0.29, 0.717) is 29.5 Å². The van der Waals surface area contributed by atoms with Crippen molar-refractivity contribution in [2.24, 2.45) is 0 Å². The van der Waals surface area contributed by atoms with Gasteiger partial charge in [-0.15, -0.1) is 0 Å². The molecule has 0 saturated heterocycles. The summed E-state index contributed by atoms with van der Waals surface area (Å²) in [5, 5.41) is 2.95. The average Bonchev–Trinajstić information content (AvgIpc) is 2.94. The van der Waals surface area contributed by atoms with Gasteiger partial charge in [-0.3, -0.25) is 13.9 Å². The number of sulfonamides is 1. The lowest BCUT2D eigenvalue weighted by Gasteiger charge is -2.33. The SMILES string of the molecule is CCCCNC(=O)C(CC)N(CCc1ccccc1)C(=O)CN(c1cccc(Br)c1)S(=O)(=O)c1ccc(C)cc1. The Balaban J connectivity index is 1.98. The Morgan fingerprint density at radius 2 is 1.65 bits per heavy atom. The number of hydrogen-bond donors (Lipinski definition) is 1. The van der Waals surface area contributed by atoms with Crippen LogP contribution in [0.2, 0.25) is 0 Å². The lowest BCUT2D eigenvalue weighted by Crippen LogP contribution is -2.53. The molecule has 9 heteroatoms. The molecule has 3 aromatic rings. The normalized spacial score (nSPS) is 12.0. The molecule has 0 spiro atoms. The van der Waals surface area contributed by atoms with Gasteiger partial charge >= 0.3 is 0 Å². The van der Waals surface area contributed by atoms with E-state index >= 15 is 0 Å². The van der Waals surface area contributed by atoms with E-state index < -0.39 is 28.5 Å². The van der Waals surface area contributed by atoms with Crippen LogP contribution in [0.1, 0.15) is 44.2 Å². The Morgan fingerprint density at radius 3 is 2.27 bits per heavy atom. The van der Waals surface area contributed by atoms with E-state index in [0.717, 1.165) is 28.3 Å². The number of carbonyl (C=O) groups excluding carboxylic acids is 2. The number of nitrogens with zero attached hydrogens (tertiary/aromatic N) is 2. The van der Waals surface area contributed by atoms with Gasteiger partial charge in [0, 0.05) is 17.6 Å². The van der Waals surface area contributed by atoms with E-state index in [9.17, 15) is 18.0 Å². The van der Waals surface area contributed by atoms with Crippen molar-refractivity contribution in [3.8, 4) is 0 Å². The van der Waals surface area contributed by atoms with E-state index in [4.69, 9.17) is 0 Å². The summed E-state index contributed by atoms with van der Waals surface area (Å²) in [5.74, 6) is -0.670. The number of benzene rings is 3. The van der Waals surface area contributed by atoms with Gasteiger partial charge in [0.15, 0.2) is 0 Å². The van der Waals surface area contributed by atoms with Crippen LogP contribution >= 0.6 is 15.9 Å². The molecule has 3 aromatic carbocycles. The summed E-state index contributed by atoms with van der Waals surface area (Å²) in [6.45, 7) is 6.15. The molecule has 3 rings (SSSR count). The van der Waals surface area contributed by atoms with Crippen molar-refractivity contribution in [3.63, 3.8) is 0 Å². The Bertz CT molecular complexity index is 1360. The zero-order valence-electron chi connectivity index (χ0n) is 23.3. The lowest BCUT2D eigenvalue weighted by atomic mass is 10.1. The third-order valence-electron chi connectivity index (χ3n) is 6.68. The number of halogens is 1. The maximum absolute atomic E-state index is 14.0. The minimum Gasteiger partial charge on any atom is -0.354 e. The summed E-state index contributed by atoms with van der Waals surface area (Å²) in [5.41, 5.74) is 2.31. The molecule has 0 fully saturated rings. The first-order valence-corrected chi connectivity index (χ1v) is 15.9. The smallest absolute Gasteiger partial charge is 0.264 e. The maximum Gasteiger partial charge on any atom is 0.264 e. The molecule has 1 N–H and O–H groups in total. The highest BCUT2D eigenvalue weighted by Gasteiger charge is 2.33. The van der Waals surface area contributed by atoms with E-state index in [1.54, 1.807) is 48.5 Å². The summed E-state index contributed by atoms with van der Waals surface area (Å²) in [6, 6.07) is 22.4. The molecular formula is C31H38BrN3O4S. The second-order valence-corrected chi connectivity index (χ2v) is 12.5. The fourth-order valence-corrected chi connectivity index (χ4v) is 6.19. The number of unbranched alkanes of at least 4 members (excludes halogenated alkanes) is 1. The molecule has 1 atom stereocenters. The van der Waals surface area contributed by atoms with Crippen LogP contribution < -0.4 is 9.62 Å². The first-order valence-electron chi connectivity index (χ1n) is 13.6. The summed E-state index contributed by atoms with van der Waals surface area (Å²) in [6.07, 6.45) is 2.71. The van der Waals surface area contributed by atoms with Crippen LogP contribution in [0.5, 0.6) is 0 Å². The largest absolute Gasteiger partial charge is 0.354 e. The van der Waals surface area contributed by atoms with Crippen molar-refractivity contribution in [3.05, 3.63) is 94.5 Å². The summed E-state index contributed by atoms with van der Waals surface area (Å²) in [4.78, 5) is 28.9. The van der Waals surface area contributed by atoms with Gasteiger partial charge in [-0.1, -0.05) is 90.3 Å². The molecule has 0 aliphatic carbocycles. The quantitative estimate of drug-likeness (QED) is 0.232. The molecule has 1 unspecified atom stereocenters. The Kier molecular flexibility index (Phi) is 11.8. The second kappa shape index (κ2) is 15.0. The standard InChI is InChI=1S/C31H38BrN3O4S/c1-4-6-20-33-31(37)29(5-2)34(21-19-25-11-8-7-9-12-25)30(36)23-35(27-14-10-13-26(32)22-27)40(38,39)28-17-15-24(3)16-18-28/h7-18,22,29H,4-6,19-21,23H2,1-3H3,(H,33,37). The first kappa shape index (κ1) is 31.4. The zero-order valence-corrected chi connectivity index (χ0v) is 25.7. The predicted molar refractivity (Wildman–Crippen MR) is 164 cm³/mol. The van der Waals surface area contributed by atoms with Gasteiger partial charge in [-0.05, 0) is 62.1 Å². The van der Waals surface area contributed by atoms with E-state index in [1.807, 2.05) is 51.1 Å². The number of aryl methyl sites for hydroxylation is 1. The van der Waals surface area contributed by atoms with Crippen LogP contribution in [0.3, 0.4) is 0 Å². The lowest BCUT2D eigenvalue weighted by molar-refractivity contribution is -0.139. The fraction of sp³-hybridized carbons (Fsp3) is 0.355. The van der Waals surface area contributed by atoms with Crippen LogP contribution in [0.25, 0.3) is 0 Å². The summed E-state index contributed by atoms with van der Waals surface area (Å²) < 4.78 is 29.6. The van der Waals surface area contributed by atoms with Crippen LogP contribution in [-0.2, 0) is 26.0 Å². The summed E-state index contributed by atoms with van der Waals surface area (Å²) >= 11 is 3.42. The second-order valence-electron chi connectivity index (χ2n) is 9.70. The molecular weight excluding hydrogens is 590 g/mol. The van der Waals surface area contributed by atoms with Crippen molar-refractivity contribution in [1.29, 1.82) is 0 Å². The van der Waals surface area contributed by atoms with Crippen molar-refractivity contribution in [2.45, 2.75) is 57.4 Å². The maximum atomic E-state index is 14.0. The number of nitrogens with one attached hydrogen (secondary N) is 1. The van der Waals surface area contributed by atoms with E-state index in [-0.39, 0.29) is 17.3 Å². The highest BCUT2D eigenvalue weighted by molar-refractivity contribution is 9.10. The van der Waals surface area contributed by atoms with E-state index in [1.165, 1.54) is 4.90 Å². The van der Waals surface area contributed by atoms with Crippen LogP contribution in [0.4, 0.5) is 5.69 Å². The molecule has 0 saturated carbocycles. The molecule has 0 aliphatic rings. The minimum absolute atomic E-state index is 0.0889. The van der Waals surface area contributed by atoms with E-state index in [2.05, 4.69) is 21.2 Å². The number of hydrogen-bond acceptors (Lipinski definition) is 4. The van der Waals surface area contributed by atoms with Gasteiger partial charge in [0.2, 0.25) is 11.8 Å². The highest BCUT2D eigenvalue weighted by Crippen LogP contribution is 2.27. The molecule has 0 aromatic heterocycles. The monoisotopic (exact) mass is 627 g/mol. The molecule has 7 nitrogen and oxygen atoms in total. The van der Waals surface area contributed by atoms with Gasteiger partial charge < -0.3 is 10.2 Å². The number of amides is 2. The van der Waals surface area contributed by atoms with Crippen LogP contribution in [0, 0.1) is 6.92 Å². The topological polar surface area (TPSA) is 86.8 Å². The molecule has 0 aliphatic heterocycles. The Hall–Kier alpha value is -3.17. The molecule has 0 radical (unpaired) electrons. The van der Waals surface area contributed by atoms with Crippen molar-refractivity contribution in [1.82, 2.24) is 10.2 Å². The molecule has 0 heterocycles. The third-order valence-corrected chi connectivity index (χ3v) is 8.97. The fourth-order valence-electron chi connectivity index (χ4n) is 4.40. The molecule has 2 amide bonds. The third kappa shape index (κ3) is 8.41. The van der Waals surface area contributed by atoms with Crippen LogP contribution in [0.15, 0.2) is 88.2 Å². The minimum atomic E-state index is -4.09. The van der Waals surface area contributed by atoms with Gasteiger partial charge in [-0.2, -0.15) is 0 Å². The average molecular weight is 629 g/mol. The zero-order chi connectivity index (χ0) is 29.1. The summed E-state index contributed by atoms with van der Waals surface area (Å²) in [7, 11) is -4.09. The van der Waals surface area contributed by atoms with Crippen molar-refractivity contribution >= 4 is 43.5 Å². The first-order chi connectivity index (χ1) is 19.2. The molecule has 214 valence electrons. The molecule has 0 bridgehead atoms. The van der Waals surface area contributed by atoms with Crippen molar-refractivity contribution in [2.75, 3.05) is 23.9 Å². The Morgan fingerprint density at radius 1 is 0.950 bits per heavy atom. The van der Waals surface area contributed by atoms with Gasteiger partial charge in [0.05, 0.1) is 10.6 Å². The van der Waals surface area contributed by atoms with Gasteiger partial charge in [-0.25, -0.2) is 8.42 Å².